The Hall–Kier alpha value is -3.72. The molecule has 0 unspecified atom stereocenters. The van der Waals surface area contributed by atoms with E-state index in [-0.39, 0.29) is 18.1 Å². The number of carbonyl (C=O) groups excluding carboxylic acids is 1. The van der Waals surface area contributed by atoms with Gasteiger partial charge >= 0.3 is 36.4 Å². The molecule has 262 valence electrons. The topological polar surface area (TPSA) is 170 Å². The van der Waals surface area contributed by atoms with Crippen molar-refractivity contribution in [2.24, 2.45) is 0 Å². The molecule has 46 heavy (non-hydrogen) atoms. The molecule has 0 radical (unpaired) electrons. The van der Waals surface area contributed by atoms with Gasteiger partial charge in [-0.3, -0.25) is 14.7 Å². The minimum absolute atomic E-state index is 0.0615. The van der Waals surface area contributed by atoms with Crippen LogP contribution in [0.2, 0.25) is 0 Å². The molecular weight excluding hydrogens is 655 g/mol. The Balaban J connectivity index is 0.000000413. The van der Waals surface area contributed by atoms with Crippen LogP contribution < -0.4 is 5.32 Å². The van der Waals surface area contributed by atoms with Gasteiger partial charge in [0, 0.05) is 44.8 Å². The fourth-order valence-corrected chi connectivity index (χ4v) is 4.35. The van der Waals surface area contributed by atoms with Crippen molar-refractivity contribution in [2.75, 3.05) is 32.7 Å². The second-order valence-corrected chi connectivity index (χ2v) is 9.79. The number of carbonyl (C=O) groups is 4. The number of likely N-dealkylation sites (tertiary alicyclic amines) is 2. The van der Waals surface area contributed by atoms with E-state index in [9.17, 15) is 44.3 Å². The maximum Gasteiger partial charge on any atom is 0.490 e. The van der Waals surface area contributed by atoms with Crippen LogP contribution in [0.5, 0.6) is 0 Å². The highest BCUT2D eigenvalue weighted by atomic mass is 19.4. The van der Waals surface area contributed by atoms with Crippen LogP contribution in [-0.2, 0) is 30.5 Å². The Bertz CT molecular complexity index is 1070. The van der Waals surface area contributed by atoms with Crippen LogP contribution in [-0.4, -0.2) is 123 Å². The average Bonchev–Trinajstić information content (AvgIpc) is 3.68. The number of alkyl halides is 9. The predicted octanol–water partition coefficient (Wildman–Crippen LogP) is 2.93. The zero-order valence-electron chi connectivity index (χ0n) is 23.7. The summed E-state index contributed by atoms with van der Waals surface area (Å²) in [5, 5.41) is 24.4. The summed E-state index contributed by atoms with van der Waals surface area (Å²) in [6.45, 7) is 5.89. The number of ether oxygens (including phenoxy) is 1. The van der Waals surface area contributed by atoms with Gasteiger partial charge in [0.2, 0.25) is 5.91 Å². The maximum atomic E-state index is 12.4. The fraction of sp³-hybridized carbons (Fsp3) is 0.640. The third-order valence-corrected chi connectivity index (χ3v) is 6.43. The van der Waals surface area contributed by atoms with Gasteiger partial charge in [-0.05, 0) is 44.5 Å². The molecule has 4 N–H and O–H groups in total. The molecule has 3 fully saturated rings. The van der Waals surface area contributed by atoms with Crippen molar-refractivity contribution in [1.29, 1.82) is 0 Å². The first-order valence-corrected chi connectivity index (χ1v) is 13.3. The molecule has 0 saturated carbocycles. The molecule has 1 aromatic heterocycles. The normalized spacial score (nSPS) is 21.4. The predicted molar refractivity (Wildman–Crippen MR) is 136 cm³/mol. The number of fused-ring (bicyclic) bond motifs is 1. The molecule has 3 aliphatic heterocycles. The van der Waals surface area contributed by atoms with Gasteiger partial charge in [0.15, 0.2) is 0 Å². The van der Waals surface area contributed by atoms with E-state index >= 15 is 0 Å². The molecule has 0 bridgehead atoms. The largest absolute Gasteiger partial charge is 0.490 e. The van der Waals surface area contributed by atoms with E-state index in [0.29, 0.717) is 6.04 Å². The standard InChI is InChI=1S/C19H28N4O2.3C2HF3O2/c24-19(21-8-12-22-9-3-4-10-22)18-13-16-17(25-18)6-11-23(16)14-15-5-1-2-7-20-15;3*3-2(4,5)1(6)7/h1-2,5,7,16-18H,3-4,6,8-14H2,(H,21,24);3*(H,6,7)/t16-,17-,18+;;;/m0.../s1. The van der Waals surface area contributed by atoms with Crippen LogP contribution in [0.15, 0.2) is 24.4 Å². The number of carboxylic acid groups (broad SMARTS) is 3. The van der Waals surface area contributed by atoms with Crippen molar-refractivity contribution in [3.05, 3.63) is 30.1 Å². The maximum absolute atomic E-state index is 12.4. The molecule has 1 amide bonds. The van der Waals surface area contributed by atoms with Crippen molar-refractivity contribution >= 4 is 23.8 Å². The van der Waals surface area contributed by atoms with Gasteiger partial charge in [0.25, 0.3) is 0 Å². The fourth-order valence-electron chi connectivity index (χ4n) is 4.35. The molecule has 0 aliphatic carbocycles. The first kappa shape index (κ1) is 40.3. The summed E-state index contributed by atoms with van der Waals surface area (Å²) < 4.78 is 101. The van der Waals surface area contributed by atoms with E-state index < -0.39 is 36.4 Å². The zero-order valence-corrected chi connectivity index (χ0v) is 23.7. The number of nitrogens with zero attached hydrogens (tertiary/aromatic N) is 3. The van der Waals surface area contributed by atoms with Crippen LogP contribution >= 0.6 is 0 Å². The van der Waals surface area contributed by atoms with E-state index in [2.05, 4.69) is 26.2 Å². The molecule has 4 rings (SSSR count). The molecular formula is C25H31F9N4O8. The SMILES string of the molecule is O=C(NCCN1CCCC1)[C@H]1C[C@H]2[C@H](CCN2Cc2ccccn2)O1.O=C(O)C(F)(F)F.O=C(O)C(F)(F)F.O=C(O)C(F)(F)F. The van der Waals surface area contributed by atoms with Crippen LogP contribution in [0, 0.1) is 0 Å². The van der Waals surface area contributed by atoms with Gasteiger partial charge in [-0.2, -0.15) is 39.5 Å². The van der Waals surface area contributed by atoms with Gasteiger partial charge in [-0.15, -0.1) is 0 Å². The van der Waals surface area contributed by atoms with E-state index in [0.717, 1.165) is 44.7 Å². The Morgan fingerprint density at radius 1 is 0.848 bits per heavy atom. The van der Waals surface area contributed by atoms with Crippen molar-refractivity contribution < 1.29 is 78.7 Å². The molecule has 1 aromatic rings. The monoisotopic (exact) mass is 686 g/mol. The van der Waals surface area contributed by atoms with Crippen LogP contribution in [0.25, 0.3) is 0 Å². The number of amides is 1. The number of aliphatic carboxylic acids is 3. The number of hydrogen-bond donors (Lipinski definition) is 4. The van der Waals surface area contributed by atoms with Gasteiger partial charge in [0.1, 0.15) is 6.10 Å². The second-order valence-electron chi connectivity index (χ2n) is 9.79. The molecule has 0 spiro atoms. The molecule has 3 atom stereocenters. The Morgan fingerprint density at radius 3 is 1.78 bits per heavy atom. The third kappa shape index (κ3) is 15.0. The highest BCUT2D eigenvalue weighted by molar-refractivity contribution is 5.81. The number of rotatable bonds is 6. The van der Waals surface area contributed by atoms with Gasteiger partial charge in [-0.25, -0.2) is 14.4 Å². The van der Waals surface area contributed by atoms with Gasteiger partial charge in [0.05, 0.1) is 11.8 Å². The summed E-state index contributed by atoms with van der Waals surface area (Å²) in [5.74, 6) is -8.21. The van der Waals surface area contributed by atoms with Crippen molar-refractivity contribution in [2.45, 2.75) is 69.0 Å². The lowest BCUT2D eigenvalue weighted by molar-refractivity contribution is -0.193. The quantitative estimate of drug-likeness (QED) is 0.325. The van der Waals surface area contributed by atoms with E-state index in [1.54, 1.807) is 0 Å². The summed E-state index contributed by atoms with van der Waals surface area (Å²) in [6.07, 6.45) is -9.13. The number of halogens is 9. The van der Waals surface area contributed by atoms with Crippen molar-refractivity contribution in [3.63, 3.8) is 0 Å². The first-order chi connectivity index (χ1) is 21.1. The summed E-state index contributed by atoms with van der Waals surface area (Å²) in [7, 11) is 0. The zero-order chi connectivity index (χ0) is 35.3. The molecule has 4 heterocycles. The van der Waals surface area contributed by atoms with Gasteiger partial charge < -0.3 is 30.3 Å². The molecule has 3 saturated heterocycles. The Labute approximate surface area is 255 Å². The summed E-state index contributed by atoms with van der Waals surface area (Å²) in [4.78, 5) is 48.4. The second kappa shape index (κ2) is 17.8. The highest BCUT2D eigenvalue weighted by Gasteiger charge is 2.45. The average molecular weight is 687 g/mol. The number of nitrogens with one attached hydrogen (secondary N) is 1. The molecule has 0 aromatic carbocycles. The first-order valence-electron chi connectivity index (χ1n) is 13.3. The lowest BCUT2D eigenvalue weighted by Crippen LogP contribution is -2.40. The minimum atomic E-state index is -5.08. The molecule has 21 heteroatoms. The Morgan fingerprint density at radius 2 is 1.35 bits per heavy atom. The number of carboxylic acids is 3. The summed E-state index contributed by atoms with van der Waals surface area (Å²) >= 11 is 0. The lowest BCUT2D eigenvalue weighted by Gasteiger charge is -2.22. The van der Waals surface area contributed by atoms with Gasteiger partial charge in [-0.1, -0.05) is 6.07 Å². The lowest BCUT2D eigenvalue weighted by atomic mass is 10.1. The van der Waals surface area contributed by atoms with Crippen LogP contribution in [0.4, 0.5) is 39.5 Å². The number of aromatic nitrogens is 1. The van der Waals surface area contributed by atoms with Crippen molar-refractivity contribution in [1.82, 2.24) is 20.1 Å². The van der Waals surface area contributed by atoms with Crippen LogP contribution in [0.1, 0.15) is 31.4 Å². The highest BCUT2D eigenvalue weighted by Crippen LogP contribution is 2.33. The Kier molecular flexibility index (Phi) is 15.6. The number of pyridine rings is 1. The third-order valence-electron chi connectivity index (χ3n) is 6.43. The minimum Gasteiger partial charge on any atom is -0.475 e. The smallest absolute Gasteiger partial charge is 0.475 e. The number of hydrogen-bond acceptors (Lipinski definition) is 8. The summed E-state index contributed by atoms with van der Waals surface area (Å²) in [6, 6.07) is 6.37. The summed E-state index contributed by atoms with van der Waals surface area (Å²) in [5.41, 5.74) is 1.08. The van der Waals surface area contributed by atoms with E-state index in [4.69, 9.17) is 34.4 Å². The molecule has 12 nitrogen and oxygen atoms in total. The van der Waals surface area contributed by atoms with E-state index in [1.807, 2.05) is 18.3 Å². The molecule has 3 aliphatic rings. The van der Waals surface area contributed by atoms with Crippen LogP contribution in [0.3, 0.4) is 0 Å². The van der Waals surface area contributed by atoms with E-state index in [1.165, 1.54) is 25.9 Å². The van der Waals surface area contributed by atoms with Crippen molar-refractivity contribution in [3.8, 4) is 0 Å².